The van der Waals surface area contributed by atoms with E-state index in [0.717, 1.165) is 5.56 Å². The Labute approximate surface area is 134 Å². The van der Waals surface area contributed by atoms with E-state index in [1.165, 1.54) is 0 Å². The van der Waals surface area contributed by atoms with Crippen molar-refractivity contribution in [3.63, 3.8) is 0 Å². The summed E-state index contributed by atoms with van der Waals surface area (Å²) in [6, 6.07) is 11.0. The molecule has 6 heteroatoms. The number of amides is 1. The van der Waals surface area contributed by atoms with E-state index in [1.807, 2.05) is 24.3 Å². The number of pyridine rings is 1. The second-order valence-corrected chi connectivity index (χ2v) is 5.03. The van der Waals surface area contributed by atoms with Gasteiger partial charge in [-0.3, -0.25) is 4.79 Å². The number of rotatable bonds is 7. The van der Waals surface area contributed by atoms with Crippen molar-refractivity contribution in [3.05, 3.63) is 58.7 Å². The molecule has 0 saturated heterocycles. The zero-order chi connectivity index (χ0) is 15.8. The standard InChI is InChI=1S/C16H18ClN3O2/c1-22-9-8-19-16(21)12-6-7-18-15(10-12)20-11-13-4-2-3-5-14(13)17/h2-7,10H,8-9,11H2,1H3,(H,18,20)(H,19,21). The highest BCUT2D eigenvalue weighted by Gasteiger charge is 2.06. The second-order valence-electron chi connectivity index (χ2n) is 4.62. The highest BCUT2D eigenvalue weighted by Crippen LogP contribution is 2.16. The molecule has 5 nitrogen and oxygen atoms in total. The molecule has 2 N–H and O–H groups in total. The summed E-state index contributed by atoms with van der Waals surface area (Å²) in [5, 5.41) is 6.63. The van der Waals surface area contributed by atoms with Crippen LogP contribution in [0.15, 0.2) is 42.6 Å². The van der Waals surface area contributed by atoms with Gasteiger partial charge in [-0.05, 0) is 23.8 Å². The Balaban J connectivity index is 1.96. The molecule has 1 amide bonds. The summed E-state index contributed by atoms with van der Waals surface area (Å²) in [4.78, 5) is 16.2. The topological polar surface area (TPSA) is 63.2 Å². The number of aromatic nitrogens is 1. The SMILES string of the molecule is COCCNC(=O)c1ccnc(NCc2ccccc2Cl)c1. The first-order valence-electron chi connectivity index (χ1n) is 6.91. The van der Waals surface area contributed by atoms with E-state index in [-0.39, 0.29) is 5.91 Å². The lowest BCUT2D eigenvalue weighted by Crippen LogP contribution is -2.27. The molecular formula is C16H18ClN3O2. The van der Waals surface area contributed by atoms with E-state index >= 15 is 0 Å². The summed E-state index contributed by atoms with van der Waals surface area (Å²) in [5.74, 6) is 0.472. The number of benzene rings is 1. The normalized spacial score (nSPS) is 10.3. The third kappa shape index (κ3) is 4.72. The lowest BCUT2D eigenvalue weighted by molar-refractivity contribution is 0.0937. The van der Waals surface area contributed by atoms with Crippen LogP contribution in [-0.4, -0.2) is 31.2 Å². The Morgan fingerprint density at radius 2 is 2.14 bits per heavy atom. The van der Waals surface area contributed by atoms with Crippen molar-refractivity contribution in [3.8, 4) is 0 Å². The third-order valence-electron chi connectivity index (χ3n) is 3.03. The predicted molar refractivity (Wildman–Crippen MR) is 87.2 cm³/mol. The van der Waals surface area contributed by atoms with Gasteiger partial charge in [0.2, 0.25) is 0 Å². The van der Waals surface area contributed by atoms with Crippen molar-refractivity contribution in [2.75, 3.05) is 25.6 Å². The van der Waals surface area contributed by atoms with Gasteiger partial charge in [0.1, 0.15) is 5.82 Å². The molecule has 0 spiro atoms. The number of nitrogens with one attached hydrogen (secondary N) is 2. The lowest BCUT2D eigenvalue weighted by atomic mass is 10.2. The fourth-order valence-corrected chi connectivity index (χ4v) is 2.07. The quantitative estimate of drug-likeness (QED) is 0.770. The van der Waals surface area contributed by atoms with Crippen LogP contribution in [0.3, 0.4) is 0 Å². The van der Waals surface area contributed by atoms with Gasteiger partial charge in [-0.1, -0.05) is 29.8 Å². The van der Waals surface area contributed by atoms with Crippen LogP contribution in [0.2, 0.25) is 5.02 Å². The zero-order valence-electron chi connectivity index (χ0n) is 12.3. The molecule has 0 saturated carbocycles. The largest absolute Gasteiger partial charge is 0.383 e. The van der Waals surface area contributed by atoms with Gasteiger partial charge in [0.05, 0.1) is 6.61 Å². The van der Waals surface area contributed by atoms with Crippen LogP contribution < -0.4 is 10.6 Å². The highest BCUT2D eigenvalue weighted by molar-refractivity contribution is 6.31. The molecule has 0 atom stereocenters. The van der Waals surface area contributed by atoms with E-state index in [1.54, 1.807) is 25.4 Å². The molecule has 0 fully saturated rings. The molecule has 1 heterocycles. The van der Waals surface area contributed by atoms with E-state index in [2.05, 4.69) is 15.6 Å². The maximum absolute atomic E-state index is 12.0. The van der Waals surface area contributed by atoms with Crippen LogP contribution in [-0.2, 0) is 11.3 Å². The number of nitrogens with zero attached hydrogens (tertiary/aromatic N) is 1. The number of halogens is 1. The molecule has 0 radical (unpaired) electrons. The molecule has 2 aromatic rings. The van der Waals surface area contributed by atoms with Crippen molar-refractivity contribution < 1.29 is 9.53 Å². The number of methoxy groups -OCH3 is 1. The van der Waals surface area contributed by atoms with Crippen molar-refractivity contribution in [1.82, 2.24) is 10.3 Å². The van der Waals surface area contributed by atoms with Gasteiger partial charge in [-0.25, -0.2) is 4.98 Å². The molecule has 1 aromatic carbocycles. The molecule has 0 unspecified atom stereocenters. The summed E-state index contributed by atoms with van der Waals surface area (Å²) >= 11 is 6.11. The van der Waals surface area contributed by atoms with E-state index < -0.39 is 0 Å². The number of hydrogen-bond acceptors (Lipinski definition) is 4. The number of hydrogen-bond donors (Lipinski definition) is 2. The molecule has 0 aliphatic rings. The van der Waals surface area contributed by atoms with Gasteiger partial charge in [0.15, 0.2) is 0 Å². The van der Waals surface area contributed by atoms with E-state index in [4.69, 9.17) is 16.3 Å². The minimum absolute atomic E-state index is 0.153. The minimum atomic E-state index is -0.153. The Hall–Kier alpha value is -2.11. The van der Waals surface area contributed by atoms with Crippen molar-refractivity contribution >= 4 is 23.3 Å². The fourth-order valence-electron chi connectivity index (χ4n) is 1.86. The summed E-state index contributed by atoms with van der Waals surface area (Å²) < 4.78 is 4.90. The maximum atomic E-state index is 12.0. The van der Waals surface area contributed by atoms with Crippen LogP contribution in [0.4, 0.5) is 5.82 Å². The van der Waals surface area contributed by atoms with Crippen molar-refractivity contribution in [2.24, 2.45) is 0 Å². The lowest BCUT2D eigenvalue weighted by Gasteiger charge is -2.09. The third-order valence-corrected chi connectivity index (χ3v) is 3.40. The first-order valence-corrected chi connectivity index (χ1v) is 7.29. The fraction of sp³-hybridized carbons (Fsp3) is 0.250. The zero-order valence-corrected chi connectivity index (χ0v) is 13.1. The number of carbonyl (C=O) groups excluding carboxylic acids is 1. The molecule has 0 aliphatic heterocycles. The van der Waals surface area contributed by atoms with Gasteiger partial charge in [0, 0.05) is 37.0 Å². The number of carbonyl (C=O) groups is 1. The van der Waals surface area contributed by atoms with Gasteiger partial charge in [-0.15, -0.1) is 0 Å². The van der Waals surface area contributed by atoms with Gasteiger partial charge in [0.25, 0.3) is 5.91 Å². The van der Waals surface area contributed by atoms with Crippen LogP contribution in [0.5, 0.6) is 0 Å². The van der Waals surface area contributed by atoms with Crippen LogP contribution in [0, 0.1) is 0 Å². The summed E-state index contributed by atoms with van der Waals surface area (Å²) in [7, 11) is 1.59. The van der Waals surface area contributed by atoms with Gasteiger partial charge in [-0.2, -0.15) is 0 Å². The highest BCUT2D eigenvalue weighted by atomic mass is 35.5. The summed E-state index contributed by atoms with van der Waals surface area (Å²) in [6.45, 7) is 1.50. The summed E-state index contributed by atoms with van der Waals surface area (Å²) in [5.41, 5.74) is 1.52. The van der Waals surface area contributed by atoms with E-state index in [9.17, 15) is 4.79 Å². The Kier molecular flexibility index (Phi) is 6.18. The van der Waals surface area contributed by atoms with Crippen molar-refractivity contribution in [1.29, 1.82) is 0 Å². The average molecular weight is 320 g/mol. The first kappa shape index (κ1) is 16.3. The summed E-state index contributed by atoms with van der Waals surface area (Å²) in [6.07, 6.45) is 1.60. The molecule has 1 aromatic heterocycles. The predicted octanol–water partition coefficient (Wildman–Crippen LogP) is 2.72. The number of ether oxygens (including phenoxy) is 1. The minimum Gasteiger partial charge on any atom is -0.383 e. The molecule has 116 valence electrons. The van der Waals surface area contributed by atoms with Crippen LogP contribution >= 0.6 is 11.6 Å². The van der Waals surface area contributed by atoms with Crippen molar-refractivity contribution in [2.45, 2.75) is 6.54 Å². The molecule has 0 aliphatic carbocycles. The first-order chi connectivity index (χ1) is 10.7. The second kappa shape index (κ2) is 8.36. The monoisotopic (exact) mass is 319 g/mol. The van der Waals surface area contributed by atoms with Gasteiger partial charge >= 0.3 is 0 Å². The van der Waals surface area contributed by atoms with Gasteiger partial charge < -0.3 is 15.4 Å². The average Bonchev–Trinajstić information content (AvgIpc) is 2.54. The Morgan fingerprint density at radius 3 is 2.91 bits per heavy atom. The Bertz CT molecular complexity index is 634. The molecular weight excluding hydrogens is 302 g/mol. The molecule has 22 heavy (non-hydrogen) atoms. The molecule has 0 bridgehead atoms. The molecule has 2 rings (SSSR count). The van der Waals surface area contributed by atoms with E-state index in [0.29, 0.717) is 36.1 Å². The van der Waals surface area contributed by atoms with Crippen LogP contribution in [0.25, 0.3) is 0 Å². The number of anilines is 1. The Morgan fingerprint density at radius 1 is 1.32 bits per heavy atom. The maximum Gasteiger partial charge on any atom is 0.251 e. The van der Waals surface area contributed by atoms with Crippen LogP contribution in [0.1, 0.15) is 15.9 Å². The smallest absolute Gasteiger partial charge is 0.251 e.